The molecule has 0 spiro atoms. The highest BCUT2D eigenvalue weighted by Crippen LogP contribution is 2.04. The molecule has 0 bridgehead atoms. The van der Waals surface area contributed by atoms with Gasteiger partial charge in [-0.2, -0.15) is 0 Å². The first-order valence-electron chi connectivity index (χ1n) is 4.44. The second-order valence-corrected chi connectivity index (χ2v) is 3.47. The molecule has 0 fully saturated rings. The van der Waals surface area contributed by atoms with Gasteiger partial charge in [-0.15, -0.1) is 11.8 Å². The average Bonchev–Trinajstić information content (AvgIpc) is 1.85. The largest absolute Gasteiger partial charge is 0.103 e. The lowest BCUT2D eigenvalue weighted by Gasteiger charge is -1.99. The Labute approximate surface area is 71.4 Å². The molecule has 63 valence electrons. The Bertz CT molecular complexity index is 132. The molecule has 1 unspecified atom stereocenters. The highest BCUT2D eigenvalue weighted by atomic mass is 14.0. The Morgan fingerprint density at radius 3 is 2.36 bits per heavy atom. The Morgan fingerprint density at radius 1 is 1.27 bits per heavy atom. The van der Waals surface area contributed by atoms with E-state index in [0.717, 1.165) is 6.42 Å². The first kappa shape index (κ1) is 10.6. The molecule has 11 heavy (non-hydrogen) atoms. The summed E-state index contributed by atoms with van der Waals surface area (Å²) in [4.78, 5) is 0. The molecule has 0 aromatic heterocycles. The summed E-state index contributed by atoms with van der Waals surface area (Å²) < 4.78 is 0. The minimum absolute atomic E-state index is 0.521. The third-order valence-corrected chi connectivity index (χ3v) is 1.39. The maximum absolute atomic E-state index is 3.92. The molecule has 0 heterocycles. The van der Waals surface area contributed by atoms with Crippen molar-refractivity contribution in [1.82, 2.24) is 0 Å². The van der Waals surface area contributed by atoms with Crippen molar-refractivity contribution in [3.8, 4) is 11.8 Å². The Hall–Kier alpha value is -0.440. The second-order valence-electron chi connectivity index (χ2n) is 3.47. The van der Waals surface area contributed by atoms with E-state index in [1.165, 1.54) is 12.8 Å². The van der Waals surface area contributed by atoms with Crippen molar-refractivity contribution >= 4 is 0 Å². The molecule has 0 N–H and O–H groups in total. The standard InChI is InChI=1S/C11H19/c1-10(2)8-6-5-7-9-11(3)4/h10-11H,1,5-6,8H2,2-4H3. The van der Waals surface area contributed by atoms with Crippen molar-refractivity contribution in [1.29, 1.82) is 0 Å². The minimum atomic E-state index is 0.521. The molecule has 0 amide bonds. The van der Waals surface area contributed by atoms with E-state index in [4.69, 9.17) is 0 Å². The van der Waals surface area contributed by atoms with Gasteiger partial charge in [-0.05, 0) is 18.8 Å². The molecule has 0 heteroatoms. The molecule has 0 aliphatic carbocycles. The van der Waals surface area contributed by atoms with E-state index in [-0.39, 0.29) is 0 Å². The van der Waals surface area contributed by atoms with Crippen LogP contribution in [0.1, 0.15) is 40.0 Å². The number of hydrogen-bond acceptors (Lipinski definition) is 0. The van der Waals surface area contributed by atoms with Crippen LogP contribution in [0.5, 0.6) is 0 Å². The summed E-state index contributed by atoms with van der Waals surface area (Å²) in [5.74, 6) is 7.41. The molecule has 0 aliphatic heterocycles. The highest BCUT2D eigenvalue weighted by molar-refractivity contribution is 5.00. The first-order valence-corrected chi connectivity index (χ1v) is 4.44. The molecular formula is C11H19. The molecule has 0 rings (SSSR count). The topological polar surface area (TPSA) is 0 Å². The summed E-state index contributed by atoms with van der Waals surface area (Å²) in [5.41, 5.74) is 0. The molecule has 0 saturated carbocycles. The van der Waals surface area contributed by atoms with Gasteiger partial charge in [0.1, 0.15) is 0 Å². The van der Waals surface area contributed by atoms with E-state index in [1.54, 1.807) is 0 Å². The molecule has 0 aliphatic rings. The van der Waals surface area contributed by atoms with Crippen molar-refractivity contribution in [2.75, 3.05) is 0 Å². The predicted molar refractivity (Wildman–Crippen MR) is 51.0 cm³/mol. The van der Waals surface area contributed by atoms with Gasteiger partial charge in [0.05, 0.1) is 0 Å². The van der Waals surface area contributed by atoms with E-state index in [1.807, 2.05) is 0 Å². The van der Waals surface area contributed by atoms with Crippen LogP contribution in [0.25, 0.3) is 0 Å². The van der Waals surface area contributed by atoms with Gasteiger partial charge in [0.15, 0.2) is 0 Å². The Balaban J connectivity index is 3.22. The van der Waals surface area contributed by atoms with Crippen molar-refractivity contribution in [2.24, 2.45) is 11.8 Å². The summed E-state index contributed by atoms with van der Waals surface area (Å²) in [6.07, 6.45) is 3.44. The fraction of sp³-hybridized carbons (Fsp3) is 0.727. The van der Waals surface area contributed by atoms with Crippen molar-refractivity contribution in [3.05, 3.63) is 6.92 Å². The van der Waals surface area contributed by atoms with E-state index in [9.17, 15) is 0 Å². The monoisotopic (exact) mass is 151 g/mol. The first-order chi connectivity index (χ1) is 5.13. The second kappa shape index (κ2) is 6.28. The maximum Gasteiger partial charge on any atom is 0.0146 e. The highest BCUT2D eigenvalue weighted by Gasteiger charge is 1.91. The fourth-order valence-corrected chi connectivity index (χ4v) is 0.815. The van der Waals surface area contributed by atoms with Crippen LogP contribution in [-0.4, -0.2) is 0 Å². The van der Waals surface area contributed by atoms with Crippen LogP contribution in [0.15, 0.2) is 0 Å². The number of hydrogen-bond donors (Lipinski definition) is 0. The zero-order valence-corrected chi connectivity index (χ0v) is 7.98. The lowest BCUT2D eigenvalue weighted by molar-refractivity contribution is 0.612. The Morgan fingerprint density at radius 2 is 1.91 bits per heavy atom. The van der Waals surface area contributed by atoms with Gasteiger partial charge in [0.25, 0.3) is 0 Å². The summed E-state index contributed by atoms with van der Waals surface area (Å²) >= 11 is 0. The quantitative estimate of drug-likeness (QED) is 0.429. The van der Waals surface area contributed by atoms with Crippen LogP contribution in [0.4, 0.5) is 0 Å². The molecule has 1 radical (unpaired) electrons. The third-order valence-electron chi connectivity index (χ3n) is 1.39. The predicted octanol–water partition coefficient (Wildman–Crippen LogP) is 3.29. The molecule has 1 atom stereocenters. The number of unbranched alkanes of at least 4 members (excludes halogenated alkanes) is 1. The molecular weight excluding hydrogens is 132 g/mol. The lowest BCUT2D eigenvalue weighted by Crippen LogP contribution is -1.86. The van der Waals surface area contributed by atoms with Gasteiger partial charge < -0.3 is 0 Å². The maximum atomic E-state index is 3.92. The van der Waals surface area contributed by atoms with Gasteiger partial charge in [-0.1, -0.05) is 27.7 Å². The average molecular weight is 151 g/mol. The van der Waals surface area contributed by atoms with Crippen LogP contribution in [0.2, 0.25) is 0 Å². The molecule has 0 saturated heterocycles. The van der Waals surface area contributed by atoms with Crippen LogP contribution in [-0.2, 0) is 0 Å². The third kappa shape index (κ3) is 9.56. The minimum Gasteiger partial charge on any atom is -0.103 e. The van der Waals surface area contributed by atoms with Crippen molar-refractivity contribution in [2.45, 2.75) is 40.0 Å². The van der Waals surface area contributed by atoms with Crippen LogP contribution in [0, 0.1) is 30.6 Å². The van der Waals surface area contributed by atoms with Gasteiger partial charge >= 0.3 is 0 Å². The number of rotatable bonds is 3. The van der Waals surface area contributed by atoms with Gasteiger partial charge in [-0.25, -0.2) is 0 Å². The van der Waals surface area contributed by atoms with E-state index >= 15 is 0 Å². The van der Waals surface area contributed by atoms with E-state index < -0.39 is 0 Å². The zero-order chi connectivity index (χ0) is 8.69. The van der Waals surface area contributed by atoms with Crippen molar-refractivity contribution in [3.63, 3.8) is 0 Å². The lowest BCUT2D eigenvalue weighted by atomic mass is 10.1. The van der Waals surface area contributed by atoms with Gasteiger partial charge in [0.2, 0.25) is 0 Å². The summed E-state index contributed by atoms with van der Waals surface area (Å²) in [6, 6.07) is 0. The zero-order valence-electron chi connectivity index (χ0n) is 7.98. The van der Waals surface area contributed by atoms with Gasteiger partial charge in [0, 0.05) is 12.3 Å². The summed E-state index contributed by atoms with van der Waals surface area (Å²) in [7, 11) is 0. The van der Waals surface area contributed by atoms with E-state index in [0.29, 0.717) is 11.8 Å². The van der Waals surface area contributed by atoms with Crippen molar-refractivity contribution < 1.29 is 0 Å². The molecule has 0 aromatic rings. The molecule has 0 aromatic carbocycles. The van der Waals surface area contributed by atoms with Crippen LogP contribution >= 0.6 is 0 Å². The van der Waals surface area contributed by atoms with Crippen LogP contribution < -0.4 is 0 Å². The van der Waals surface area contributed by atoms with Gasteiger partial charge in [-0.3, -0.25) is 0 Å². The fourth-order valence-electron chi connectivity index (χ4n) is 0.815. The normalized spacial score (nSPS) is 10.0. The smallest absolute Gasteiger partial charge is 0.0146 e. The SMILES string of the molecule is [CH2]C(C)CCCC#CC(C)C. The Kier molecular flexibility index (Phi) is 6.03. The van der Waals surface area contributed by atoms with E-state index in [2.05, 4.69) is 39.5 Å². The summed E-state index contributed by atoms with van der Waals surface area (Å²) in [6.45, 7) is 10.3. The molecule has 0 nitrogen and oxygen atoms in total. The summed E-state index contributed by atoms with van der Waals surface area (Å²) in [5, 5.41) is 0. The van der Waals surface area contributed by atoms with Crippen LogP contribution in [0.3, 0.4) is 0 Å².